The highest BCUT2D eigenvalue weighted by atomic mass is 32.1. The minimum Gasteiger partial charge on any atom is -0.468 e. The van der Waals surface area contributed by atoms with Crippen LogP contribution < -0.4 is 5.32 Å². The molecule has 0 fully saturated rings. The molecule has 1 atom stereocenters. The van der Waals surface area contributed by atoms with E-state index in [-0.39, 0.29) is 12.0 Å². The fraction of sp³-hybridized carbons (Fsp3) is 0.636. The standard InChI is InChI=1S/C11H18N2O2S/c1-8(2)4-10(11(14)15-3)12-5-9-6-16-7-13-9/h6-8,10,12H,4-5H2,1-3H3. The first-order valence-corrected chi connectivity index (χ1v) is 6.26. The lowest BCUT2D eigenvalue weighted by Crippen LogP contribution is -2.38. The number of carbonyl (C=O) groups excluding carboxylic acids is 1. The second-order valence-electron chi connectivity index (χ2n) is 4.07. The predicted octanol–water partition coefficient (Wildman–Crippen LogP) is 1.82. The first-order chi connectivity index (χ1) is 7.63. The van der Waals surface area contributed by atoms with Crippen molar-refractivity contribution in [3.63, 3.8) is 0 Å². The number of nitrogens with zero attached hydrogens (tertiary/aromatic N) is 1. The summed E-state index contributed by atoms with van der Waals surface area (Å²) in [5.41, 5.74) is 2.75. The van der Waals surface area contributed by atoms with Gasteiger partial charge in [0.1, 0.15) is 6.04 Å². The molecular formula is C11H18N2O2S. The fourth-order valence-corrected chi connectivity index (χ4v) is 1.99. The Morgan fingerprint density at radius 1 is 1.62 bits per heavy atom. The molecule has 1 aromatic heterocycles. The second kappa shape index (κ2) is 6.60. The van der Waals surface area contributed by atoms with Crippen molar-refractivity contribution in [1.82, 2.24) is 10.3 Å². The minimum absolute atomic E-state index is 0.205. The van der Waals surface area contributed by atoms with Crippen molar-refractivity contribution in [3.05, 3.63) is 16.6 Å². The van der Waals surface area contributed by atoms with Crippen LogP contribution in [-0.4, -0.2) is 24.1 Å². The zero-order valence-corrected chi connectivity index (χ0v) is 10.7. The Kier molecular flexibility index (Phi) is 5.42. The molecule has 1 N–H and O–H groups in total. The number of rotatable bonds is 6. The predicted molar refractivity (Wildman–Crippen MR) is 64.2 cm³/mol. The third-order valence-electron chi connectivity index (χ3n) is 2.21. The summed E-state index contributed by atoms with van der Waals surface area (Å²) in [4.78, 5) is 15.7. The van der Waals surface area contributed by atoms with Crippen LogP contribution in [0, 0.1) is 5.92 Å². The highest BCUT2D eigenvalue weighted by Gasteiger charge is 2.19. The number of ether oxygens (including phenoxy) is 1. The molecule has 90 valence electrons. The molecule has 5 heteroatoms. The molecular weight excluding hydrogens is 224 g/mol. The van der Waals surface area contributed by atoms with Gasteiger partial charge in [0.25, 0.3) is 0 Å². The number of methoxy groups -OCH3 is 1. The van der Waals surface area contributed by atoms with Gasteiger partial charge in [0.05, 0.1) is 18.3 Å². The van der Waals surface area contributed by atoms with Crippen LogP contribution in [0.15, 0.2) is 10.9 Å². The summed E-state index contributed by atoms with van der Waals surface area (Å²) < 4.78 is 4.76. The maximum absolute atomic E-state index is 11.5. The van der Waals surface area contributed by atoms with E-state index in [0.29, 0.717) is 12.5 Å². The van der Waals surface area contributed by atoms with Crippen molar-refractivity contribution in [3.8, 4) is 0 Å². The van der Waals surface area contributed by atoms with E-state index in [1.54, 1.807) is 16.8 Å². The third-order valence-corrected chi connectivity index (χ3v) is 2.84. The fourth-order valence-electron chi connectivity index (χ4n) is 1.43. The second-order valence-corrected chi connectivity index (χ2v) is 4.78. The van der Waals surface area contributed by atoms with E-state index in [4.69, 9.17) is 4.74 Å². The lowest BCUT2D eigenvalue weighted by Gasteiger charge is -2.17. The van der Waals surface area contributed by atoms with Crippen molar-refractivity contribution in [1.29, 1.82) is 0 Å². The van der Waals surface area contributed by atoms with Gasteiger partial charge in [-0.05, 0) is 12.3 Å². The van der Waals surface area contributed by atoms with E-state index < -0.39 is 0 Å². The molecule has 0 saturated carbocycles. The zero-order chi connectivity index (χ0) is 12.0. The highest BCUT2D eigenvalue weighted by Crippen LogP contribution is 2.08. The largest absolute Gasteiger partial charge is 0.468 e. The van der Waals surface area contributed by atoms with Gasteiger partial charge in [-0.3, -0.25) is 10.1 Å². The first-order valence-electron chi connectivity index (χ1n) is 5.31. The zero-order valence-electron chi connectivity index (χ0n) is 9.90. The summed E-state index contributed by atoms with van der Waals surface area (Å²) in [5.74, 6) is 0.246. The van der Waals surface area contributed by atoms with Crippen molar-refractivity contribution >= 4 is 17.3 Å². The summed E-state index contributed by atoms with van der Waals surface area (Å²) in [6.45, 7) is 4.77. The minimum atomic E-state index is -0.244. The average Bonchev–Trinajstić information content (AvgIpc) is 2.75. The Labute approximate surface area is 100 Å². The average molecular weight is 242 g/mol. The maximum atomic E-state index is 11.5. The van der Waals surface area contributed by atoms with E-state index in [9.17, 15) is 4.79 Å². The van der Waals surface area contributed by atoms with Gasteiger partial charge >= 0.3 is 5.97 Å². The topological polar surface area (TPSA) is 51.2 Å². The Bertz CT molecular complexity index is 312. The van der Waals surface area contributed by atoms with Crippen LogP contribution >= 0.6 is 11.3 Å². The van der Waals surface area contributed by atoms with Gasteiger partial charge in [0, 0.05) is 11.9 Å². The molecule has 1 rings (SSSR count). The molecule has 0 aromatic carbocycles. The third kappa shape index (κ3) is 4.28. The lowest BCUT2D eigenvalue weighted by molar-refractivity contribution is -0.143. The number of hydrogen-bond acceptors (Lipinski definition) is 5. The molecule has 0 aliphatic rings. The van der Waals surface area contributed by atoms with Gasteiger partial charge in [-0.15, -0.1) is 11.3 Å². The van der Waals surface area contributed by atoms with E-state index >= 15 is 0 Å². The molecule has 0 amide bonds. The van der Waals surface area contributed by atoms with Crippen LogP contribution in [0.1, 0.15) is 26.0 Å². The molecule has 16 heavy (non-hydrogen) atoms. The molecule has 1 heterocycles. The van der Waals surface area contributed by atoms with Crippen molar-refractivity contribution < 1.29 is 9.53 Å². The molecule has 1 unspecified atom stereocenters. The lowest BCUT2D eigenvalue weighted by atomic mass is 10.0. The number of nitrogens with one attached hydrogen (secondary N) is 1. The van der Waals surface area contributed by atoms with Crippen molar-refractivity contribution in [2.45, 2.75) is 32.9 Å². The van der Waals surface area contributed by atoms with Crippen LogP contribution in [-0.2, 0) is 16.1 Å². The SMILES string of the molecule is COC(=O)C(CC(C)C)NCc1cscn1. The van der Waals surface area contributed by atoms with Crippen LogP contribution in [0.3, 0.4) is 0 Å². The van der Waals surface area contributed by atoms with Crippen LogP contribution in [0.4, 0.5) is 0 Å². The Morgan fingerprint density at radius 3 is 2.88 bits per heavy atom. The molecule has 0 aliphatic heterocycles. The molecule has 0 radical (unpaired) electrons. The van der Waals surface area contributed by atoms with E-state index in [2.05, 4.69) is 24.1 Å². The van der Waals surface area contributed by atoms with Crippen LogP contribution in [0.2, 0.25) is 0 Å². The number of thiazole rings is 1. The summed E-state index contributed by atoms with van der Waals surface area (Å²) in [6.07, 6.45) is 0.775. The van der Waals surface area contributed by atoms with Crippen LogP contribution in [0.5, 0.6) is 0 Å². The van der Waals surface area contributed by atoms with Gasteiger partial charge in [0.15, 0.2) is 0 Å². The van der Waals surface area contributed by atoms with Gasteiger partial charge in [-0.25, -0.2) is 4.98 Å². The number of hydrogen-bond donors (Lipinski definition) is 1. The van der Waals surface area contributed by atoms with Crippen molar-refractivity contribution in [2.75, 3.05) is 7.11 Å². The Morgan fingerprint density at radius 2 is 2.38 bits per heavy atom. The van der Waals surface area contributed by atoms with Gasteiger partial charge in [0.2, 0.25) is 0 Å². The summed E-state index contributed by atoms with van der Waals surface area (Å²) in [7, 11) is 1.42. The van der Waals surface area contributed by atoms with Gasteiger partial charge in [-0.2, -0.15) is 0 Å². The number of carbonyl (C=O) groups is 1. The highest BCUT2D eigenvalue weighted by molar-refractivity contribution is 7.07. The summed E-state index contributed by atoms with van der Waals surface area (Å²) in [6, 6.07) is -0.244. The molecule has 0 saturated heterocycles. The smallest absolute Gasteiger partial charge is 0.322 e. The summed E-state index contributed by atoms with van der Waals surface area (Å²) >= 11 is 1.55. The Balaban J connectivity index is 2.46. The van der Waals surface area contributed by atoms with E-state index in [1.165, 1.54) is 7.11 Å². The maximum Gasteiger partial charge on any atom is 0.322 e. The van der Waals surface area contributed by atoms with E-state index in [0.717, 1.165) is 12.1 Å². The normalized spacial score (nSPS) is 12.8. The molecule has 0 bridgehead atoms. The number of aromatic nitrogens is 1. The molecule has 0 spiro atoms. The quantitative estimate of drug-likeness (QED) is 0.773. The first kappa shape index (κ1) is 13.1. The molecule has 1 aromatic rings. The molecule has 4 nitrogen and oxygen atoms in total. The van der Waals surface area contributed by atoms with Gasteiger partial charge in [-0.1, -0.05) is 13.8 Å². The number of esters is 1. The van der Waals surface area contributed by atoms with Gasteiger partial charge < -0.3 is 4.74 Å². The monoisotopic (exact) mass is 242 g/mol. The molecule has 0 aliphatic carbocycles. The summed E-state index contributed by atoms with van der Waals surface area (Å²) in [5, 5.41) is 5.14. The Hall–Kier alpha value is -0.940. The van der Waals surface area contributed by atoms with Crippen molar-refractivity contribution in [2.24, 2.45) is 5.92 Å². The van der Waals surface area contributed by atoms with E-state index in [1.807, 2.05) is 5.38 Å². The van der Waals surface area contributed by atoms with Crippen LogP contribution in [0.25, 0.3) is 0 Å².